The van der Waals surface area contributed by atoms with Gasteiger partial charge in [-0.2, -0.15) is 0 Å². The number of benzene rings is 1. The Bertz CT molecular complexity index is 465. The predicted octanol–water partition coefficient (Wildman–Crippen LogP) is 5.15. The van der Waals surface area contributed by atoms with Crippen LogP contribution in [-0.2, 0) is 5.41 Å². The Hall–Kier alpha value is -1.31. The highest BCUT2D eigenvalue weighted by atomic mass is 16.5. The van der Waals surface area contributed by atoms with E-state index in [2.05, 4.69) is 26.8 Å². The van der Waals surface area contributed by atoms with E-state index in [4.69, 9.17) is 4.74 Å². The lowest BCUT2D eigenvalue weighted by molar-refractivity contribution is 0.111. The molecule has 2 heteroatoms. The van der Waals surface area contributed by atoms with E-state index in [1.165, 1.54) is 37.7 Å². The molecule has 0 saturated heterocycles. The van der Waals surface area contributed by atoms with Gasteiger partial charge >= 0.3 is 0 Å². The fraction of sp³-hybridized carbons (Fsp3) is 0.632. The van der Waals surface area contributed by atoms with Gasteiger partial charge in [0.1, 0.15) is 5.75 Å². The van der Waals surface area contributed by atoms with Gasteiger partial charge in [0, 0.05) is 0 Å². The summed E-state index contributed by atoms with van der Waals surface area (Å²) in [6.45, 7) is 7.18. The third kappa shape index (κ3) is 4.59. The van der Waals surface area contributed by atoms with Crippen molar-refractivity contribution in [3.63, 3.8) is 0 Å². The van der Waals surface area contributed by atoms with Gasteiger partial charge in [0.2, 0.25) is 0 Å². The quantitative estimate of drug-likeness (QED) is 0.701. The van der Waals surface area contributed by atoms with E-state index in [9.17, 15) is 4.79 Å². The molecule has 1 aliphatic rings. The largest absolute Gasteiger partial charge is 0.493 e. The zero-order valence-corrected chi connectivity index (χ0v) is 13.7. The molecule has 0 aliphatic heterocycles. The van der Waals surface area contributed by atoms with Gasteiger partial charge in [-0.05, 0) is 35.4 Å². The number of hydrogen-bond donors (Lipinski definition) is 0. The summed E-state index contributed by atoms with van der Waals surface area (Å²) >= 11 is 0. The summed E-state index contributed by atoms with van der Waals surface area (Å²) in [5.74, 6) is 1.54. The molecule has 21 heavy (non-hydrogen) atoms. The maximum Gasteiger partial charge on any atom is 0.153 e. The summed E-state index contributed by atoms with van der Waals surface area (Å²) in [6, 6.07) is 5.98. The zero-order chi connectivity index (χ0) is 15.3. The number of carbonyl (C=O) groups excluding carboxylic acids is 1. The van der Waals surface area contributed by atoms with Gasteiger partial charge in [-0.25, -0.2) is 0 Å². The van der Waals surface area contributed by atoms with E-state index >= 15 is 0 Å². The summed E-state index contributed by atoms with van der Waals surface area (Å²) in [5, 5.41) is 0. The standard InChI is InChI=1S/C19H28O2/c1-19(2,3)17-9-10-18(16(13-17)14-20)21-12-11-15-7-5-4-6-8-15/h9-10,13-15H,4-8,11-12H2,1-3H3. The molecule has 1 aromatic carbocycles. The molecule has 2 nitrogen and oxygen atoms in total. The molecule has 0 bridgehead atoms. The Labute approximate surface area is 128 Å². The summed E-state index contributed by atoms with van der Waals surface area (Å²) in [5.41, 5.74) is 1.90. The van der Waals surface area contributed by atoms with E-state index < -0.39 is 0 Å². The van der Waals surface area contributed by atoms with Crippen LogP contribution in [0.15, 0.2) is 18.2 Å². The molecule has 116 valence electrons. The first kappa shape index (κ1) is 16.1. The van der Waals surface area contributed by atoms with Crippen molar-refractivity contribution in [2.24, 2.45) is 5.92 Å². The lowest BCUT2D eigenvalue weighted by Gasteiger charge is -2.22. The second-order valence-electron chi connectivity index (χ2n) is 7.26. The molecule has 0 radical (unpaired) electrons. The maximum atomic E-state index is 11.3. The average molecular weight is 288 g/mol. The van der Waals surface area contributed by atoms with Crippen molar-refractivity contribution in [1.82, 2.24) is 0 Å². The van der Waals surface area contributed by atoms with Gasteiger partial charge < -0.3 is 4.74 Å². The average Bonchev–Trinajstić information content (AvgIpc) is 2.47. The number of hydrogen-bond acceptors (Lipinski definition) is 2. The van der Waals surface area contributed by atoms with E-state index in [1.807, 2.05) is 12.1 Å². The van der Waals surface area contributed by atoms with E-state index in [-0.39, 0.29) is 5.41 Å². The van der Waals surface area contributed by atoms with Crippen molar-refractivity contribution >= 4 is 6.29 Å². The zero-order valence-electron chi connectivity index (χ0n) is 13.7. The fourth-order valence-electron chi connectivity index (χ4n) is 3.05. The van der Waals surface area contributed by atoms with Crippen LogP contribution in [0.25, 0.3) is 0 Å². The Morgan fingerprint density at radius 2 is 1.90 bits per heavy atom. The van der Waals surface area contributed by atoms with Gasteiger partial charge in [0.15, 0.2) is 6.29 Å². The first-order valence-electron chi connectivity index (χ1n) is 8.23. The monoisotopic (exact) mass is 288 g/mol. The second kappa shape index (κ2) is 7.11. The molecule has 1 saturated carbocycles. The van der Waals surface area contributed by atoms with Crippen molar-refractivity contribution in [3.8, 4) is 5.75 Å². The van der Waals surface area contributed by atoms with Gasteiger partial charge in [-0.15, -0.1) is 0 Å². The van der Waals surface area contributed by atoms with Crippen molar-refractivity contribution < 1.29 is 9.53 Å². The Morgan fingerprint density at radius 1 is 1.19 bits per heavy atom. The fourth-order valence-corrected chi connectivity index (χ4v) is 3.05. The van der Waals surface area contributed by atoms with Gasteiger partial charge in [0.05, 0.1) is 12.2 Å². The molecule has 0 heterocycles. The van der Waals surface area contributed by atoms with Crippen molar-refractivity contribution in [3.05, 3.63) is 29.3 Å². The van der Waals surface area contributed by atoms with Crippen LogP contribution in [-0.4, -0.2) is 12.9 Å². The van der Waals surface area contributed by atoms with Gasteiger partial charge in [-0.3, -0.25) is 4.79 Å². The second-order valence-corrected chi connectivity index (χ2v) is 7.26. The van der Waals surface area contributed by atoms with Gasteiger partial charge in [0.25, 0.3) is 0 Å². The van der Waals surface area contributed by atoms with Crippen molar-refractivity contribution in [2.45, 2.75) is 64.7 Å². The topological polar surface area (TPSA) is 26.3 Å². The predicted molar refractivity (Wildman–Crippen MR) is 87.2 cm³/mol. The third-order valence-electron chi connectivity index (χ3n) is 4.51. The highest BCUT2D eigenvalue weighted by Gasteiger charge is 2.17. The minimum Gasteiger partial charge on any atom is -0.493 e. The van der Waals surface area contributed by atoms with Crippen molar-refractivity contribution in [1.29, 1.82) is 0 Å². The molecule has 1 aliphatic carbocycles. The molecule has 1 fully saturated rings. The molecule has 2 rings (SSSR count). The Kier molecular flexibility index (Phi) is 5.44. The van der Waals surface area contributed by atoms with Crippen LogP contribution in [0.2, 0.25) is 0 Å². The van der Waals surface area contributed by atoms with E-state index in [0.717, 1.165) is 31.0 Å². The molecule has 0 aromatic heterocycles. The summed E-state index contributed by atoms with van der Waals surface area (Å²) in [7, 11) is 0. The van der Waals surface area contributed by atoms with Crippen LogP contribution in [0.1, 0.15) is 75.2 Å². The number of carbonyl (C=O) groups is 1. The minimum atomic E-state index is 0.0540. The third-order valence-corrected chi connectivity index (χ3v) is 4.51. The Balaban J connectivity index is 1.94. The van der Waals surface area contributed by atoms with E-state index in [0.29, 0.717) is 5.56 Å². The highest BCUT2D eigenvalue weighted by Crippen LogP contribution is 2.29. The highest BCUT2D eigenvalue weighted by molar-refractivity contribution is 5.79. The molecule has 0 atom stereocenters. The molecule has 0 unspecified atom stereocenters. The van der Waals surface area contributed by atoms with Crippen LogP contribution >= 0.6 is 0 Å². The normalized spacial score (nSPS) is 16.7. The molecule has 1 aromatic rings. The maximum absolute atomic E-state index is 11.3. The van der Waals surface area contributed by atoms with Crippen LogP contribution in [0.5, 0.6) is 5.75 Å². The summed E-state index contributed by atoms with van der Waals surface area (Å²) < 4.78 is 5.87. The summed E-state index contributed by atoms with van der Waals surface area (Å²) in [6.07, 6.45) is 8.82. The van der Waals surface area contributed by atoms with E-state index in [1.54, 1.807) is 0 Å². The van der Waals surface area contributed by atoms with Crippen molar-refractivity contribution in [2.75, 3.05) is 6.61 Å². The van der Waals surface area contributed by atoms with Gasteiger partial charge in [-0.1, -0.05) is 58.9 Å². The minimum absolute atomic E-state index is 0.0540. The lowest BCUT2D eigenvalue weighted by Crippen LogP contribution is -2.13. The number of aldehydes is 1. The molecule has 0 spiro atoms. The van der Waals surface area contributed by atoms with Crippen LogP contribution in [0.3, 0.4) is 0 Å². The lowest BCUT2D eigenvalue weighted by atomic mass is 9.86. The molecule has 0 N–H and O–H groups in total. The number of rotatable bonds is 5. The SMILES string of the molecule is CC(C)(C)c1ccc(OCCC2CCCCC2)c(C=O)c1. The first-order valence-corrected chi connectivity index (χ1v) is 8.23. The molecule has 0 amide bonds. The molecular formula is C19H28O2. The van der Waals surface area contributed by atoms with Crippen LogP contribution < -0.4 is 4.74 Å². The van der Waals surface area contributed by atoms with Crippen LogP contribution in [0.4, 0.5) is 0 Å². The summed E-state index contributed by atoms with van der Waals surface area (Å²) in [4.78, 5) is 11.3. The smallest absolute Gasteiger partial charge is 0.153 e. The van der Waals surface area contributed by atoms with Crippen LogP contribution in [0, 0.1) is 5.92 Å². The Morgan fingerprint density at radius 3 is 2.52 bits per heavy atom. The first-order chi connectivity index (χ1) is 10.0. The number of ether oxygens (including phenoxy) is 1. The molecular weight excluding hydrogens is 260 g/mol.